The van der Waals surface area contributed by atoms with E-state index in [0.29, 0.717) is 24.3 Å². The fraction of sp³-hybridized carbons (Fsp3) is 0.320. The number of amides is 2. The highest BCUT2D eigenvalue weighted by Gasteiger charge is 2.29. The zero-order chi connectivity index (χ0) is 24.8. The van der Waals surface area contributed by atoms with Gasteiger partial charge in [0, 0.05) is 42.7 Å². The first-order valence-corrected chi connectivity index (χ1v) is 11.4. The van der Waals surface area contributed by atoms with Crippen molar-refractivity contribution in [3.63, 3.8) is 0 Å². The van der Waals surface area contributed by atoms with E-state index < -0.39 is 6.04 Å². The lowest BCUT2D eigenvalue weighted by Crippen LogP contribution is -2.45. The number of carbonyl (C=O) groups excluding carboxylic acids is 2. The first-order valence-electron chi connectivity index (χ1n) is 11.4. The highest BCUT2D eigenvalue weighted by Crippen LogP contribution is 2.23. The molecule has 2 aromatic heterocycles. The van der Waals surface area contributed by atoms with Crippen LogP contribution in [0.4, 0.5) is 11.4 Å². The Kier molecular flexibility index (Phi) is 7.26. The summed E-state index contributed by atoms with van der Waals surface area (Å²) < 4.78 is 5.60. The fourth-order valence-corrected chi connectivity index (χ4v) is 4.04. The van der Waals surface area contributed by atoms with Crippen LogP contribution >= 0.6 is 0 Å². The molecule has 2 N–H and O–H groups in total. The third kappa shape index (κ3) is 5.76. The Labute approximate surface area is 203 Å². The Balaban J connectivity index is 1.49. The van der Waals surface area contributed by atoms with Crippen molar-refractivity contribution in [2.45, 2.75) is 32.2 Å². The van der Waals surface area contributed by atoms with Crippen LogP contribution in [0.25, 0.3) is 11.0 Å². The van der Waals surface area contributed by atoms with E-state index in [9.17, 15) is 14.9 Å². The minimum Gasteiger partial charge on any atom is -0.461 e. The third-order valence-corrected chi connectivity index (χ3v) is 5.86. The Morgan fingerprint density at radius 1 is 1.29 bits per heavy atom. The van der Waals surface area contributed by atoms with Crippen molar-refractivity contribution in [2.75, 3.05) is 30.4 Å². The summed E-state index contributed by atoms with van der Waals surface area (Å²) in [6, 6.07) is 10.2. The molecule has 1 aliphatic heterocycles. The average Bonchev–Trinajstić information content (AvgIpc) is 3.15. The summed E-state index contributed by atoms with van der Waals surface area (Å²) in [7, 11) is 1.67. The lowest BCUT2D eigenvalue weighted by atomic mass is 10.1. The van der Waals surface area contributed by atoms with Crippen molar-refractivity contribution in [1.82, 2.24) is 15.2 Å². The summed E-state index contributed by atoms with van der Waals surface area (Å²) >= 11 is 0. The first-order chi connectivity index (χ1) is 16.9. The molecule has 0 spiro atoms. The second-order valence-electron chi connectivity index (χ2n) is 8.38. The van der Waals surface area contributed by atoms with Gasteiger partial charge in [-0.05, 0) is 62.6 Å². The van der Waals surface area contributed by atoms with E-state index in [1.807, 2.05) is 37.4 Å². The van der Waals surface area contributed by atoms with E-state index in [0.717, 1.165) is 29.6 Å². The molecule has 0 bridgehead atoms. The molecule has 10 nitrogen and oxygen atoms in total. The number of aryl methyl sites for hydroxylation is 1. The van der Waals surface area contributed by atoms with Gasteiger partial charge in [0.15, 0.2) is 6.19 Å². The van der Waals surface area contributed by atoms with Gasteiger partial charge in [0.2, 0.25) is 17.8 Å². The maximum Gasteiger partial charge on any atom is 0.247 e. The zero-order valence-corrected chi connectivity index (χ0v) is 19.7. The van der Waals surface area contributed by atoms with E-state index in [2.05, 4.69) is 20.6 Å². The molecule has 2 amide bonds. The normalized spacial score (nSPS) is 16.5. The van der Waals surface area contributed by atoms with Crippen molar-refractivity contribution < 1.29 is 14.0 Å². The standard InChI is InChI=1S/C25H27N7O3/c1-17-13-18-14-19(6-7-22(18)35-17)29-25(28-16-26)30-21-5-3-4-12-32(24(21)34)15-23(33)31(2)20-8-10-27-11-9-20/h6-11,13-14,21H,3-5,12,15H2,1-2H3,(H2,28,29,30). The second-order valence-corrected chi connectivity index (χ2v) is 8.38. The molecule has 3 aromatic rings. The van der Waals surface area contributed by atoms with Crippen molar-refractivity contribution >= 4 is 40.1 Å². The van der Waals surface area contributed by atoms with Gasteiger partial charge in [0.05, 0.1) is 0 Å². The average molecular weight is 474 g/mol. The molecule has 1 saturated heterocycles. The van der Waals surface area contributed by atoms with Crippen molar-refractivity contribution in [1.29, 1.82) is 5.26 Å². The molecule has 1 unspecified atom stereocenters. The molecule has 0 saturated carbocycles. The van der Waals surface area contributed by atoms with Crippen LogP contribution in [0.3, 0.4) is 0 Å². The molecule has 1 atom stereocenters. The number of likely N-dealkylation sites (tertiary alicyclic amines) is 1. The van der Waals surface area contributed by atoms with Crippen molar-refractivity contribution in [3.05, 3.63) is 54.6 Å². The van der Waals surface area contributed by atoms with Gasteiger partial charge in [0.25, 0.3) is 0 Å². The van der Waals surface area contributed by atoms with Crippen LogP contribution in [0.1, 0.15) is 25.0 Å². The van der Waals surface area contributed by atoms with Gasteiger partial charge < -0.3 is 19.5 Å². The monoisotopic (exact) mass is 473 g/mol. The number of aromatic nitrogens is 1. The molecular weight excluding hydrogens is 446 g/mol. The Hall–Kier alpha value is -4.39. The number of hydrogen-bond donors (Lipinski definition) is 2. The van der Waals surface area contributed by atoms with Crippen molar-refractivity contribution in [3.8, 4) is 6.19 Å². The third-order valence-electron chi connectivity index (χ3n) is 5.86. The topological polar surface area (TPSA) is 127 Å². The summed E-state index contributed by atoms with van der Waals surface area (Å²) in [5.41, 5.74) is 2.17. The molecule has 3 heterocycles. The van der Waals surface area contributed by atoms with E-state index >= 15 is 0 Å². The molecule has 0 radical (unpaired) electrons. The maximum absolute atomic E-state index is 13.3. The van der Waals surface area contributed by atoms with Gasteiger partial charge in [-0.1, -0.05) is 0 Å². The molecule has 180 valence electrons. The molecule has 1 fully saturated rings. The number of aliphatic imine (C=N–C) groups is 1. The van der Waals surface area contributed by atoms with Gasteiger partial charge >= 0.3 is 0 Å². The van der Waals surface area contributed by atoms with Crippen LogP contribution in [-0.2, 0) is 9.59 Å². The number of benzene rings is 1. The molecule has 1 aliphatic rings. The van der Waals surface area contributed by atoms with Crippen molar-refractivity contribution in [2.24, 2.45) is 4.99 Å². The summed E-state index contributed by atoms with van der Waals surface area (Å²) in [4.78, 5) is 37.7. The predicted molar refractivity (Wildman–Crippen MR) is 133 cm³/mol. The first kappa shape index (κ1) is 23.8. The minimum atomic E-state index is -0.709. The number of fused-ring (bicyclic) bond motifs is 1. The number of carbonyl (C=O) groups is 2. The Bertz CT molecular complexity index is 1280. The second kappa shape index (κ2) is 10.7. The van der Waals surface area contributed by atoms with E-state index in [4.69, 9.17) is 4.42 Å². The SMILES string of the molecule is Cc1cc2cc(NC(=NC3CCCCN(CC(=O)N(C)c4ccncc4)C3=O)NC#N)ccc2o1. The Morgan fingerprint density at radius 3 is 2.86 bits per heavy atom. The van der Waals surface area contributed by atoms with Crippen LogP contribution in [0.15, 0.2) is 58.2 Å². The number of pyridine rings is 1. The lowest BCUT2D eigenvalue weighted by Gasteiger charge is -2.25. The minimum absolute atomic E-state index is 0.0470. The Morgan fingerprint density at radius 2 is 2.09 bits per heavy atom. The fourth-order valence-electron chi connectivity index (χ4n) is 4.04. The number of rotatable bonds is 5. The van der Waals surface area contributed by atoms with Crippen LogP contribution < -0.4 is 15.5 Å². The highest BCUT2D eigenvalue weighted by atomic mass is 16.3. The number of nitrogens with one attached hydrogen (secondary N) is 2. The van der Waals surface area contributed by atoms with Gasteiger partial charge in [-0.25, -0.2) is 4.99 Å². The summed E-state index contributed by atoms with van der Waals surface area (Å²) in [5.74, 6) is 0.535. The van der Waals surface area contributed by atoms with E-state index in [1.165, 1.54) is 4.90 Å². The lowest BCUT2D eigenvalue weighted by molar-refractivity contribution is -0.135. The van der Waals surface area contributed by atoms with E-state index in [-0.39, 0.29) is 24.3 Å². The largest absolute Gasteiger partial charge is 0.461 e. The summed E-state index contributed by atoms with van der Waals surface area (Å²) in [5, 5.41) is 15.8. The quantitative estimate of drug-likeness (QED) is 0.252. The molecule has 35 heavy (non-hydrogen) atoms. The van der Waals surface area contributed by atoms with E-state index in [1.54, 1.807) is 36.5 Å². The molecule has 0 aliphatic carbocycles. The number of nitrogens with zero attached hydrogens (tertiary/aromatic N) is 5. The number of anilines is 2. The van der Waals surface area contributed by atoms with Crippen LogP contribution in [0.5, 0.6) is 0 Å². The smallest absolute Gasteiger partial charge is 0.247 e. The molecule has 4 rings (SSSR count). The molecular formula is C25H27N7O3. The van der Waals surface area contributed by atoms with Gasteiger partial charge in [-0.3, -0.25) is 19.9 Å². The van der Waals surface area contributed by atoms with Gasteiger partial charge in [-0.2, -0.15) is 5.26 Å². The molecule has 10 heteroatoms. The van der Waals surface area contributed by atoms with Crippen LogP contribution in [-0.4, -0.2) is 53.8 Å². The van der Waals surface area contributed by atoms with Gasteiger partial charge in [-0.15, -0.1) is 0 Å². The molecule has 1 aromatic carbocycles. The maximum atomic E-state index is 13.3. The number of furan rings is 1. The van der Waals surface area contributed by atoms with Gasteiger partial charge in [0.1, 0.15) is 23.9 Å². The number of hydrogen-bond acceptors (Lipinski definition) is 6. The highest BCUT2D eigenvalue weighted by molar-refractivity contribution is 5.99. The summed E-state index contributed by atoms with van der Waals surface area (Å²) in [6.45, 7) is 2.31. The predicted octanol–water partition coefficient (Wildman–Crippen LogP) is 3.02. The number of nitriles is 1. The zero-order valence-electron chi connectivity index (χ0n) is 19.7. The number of guanidine groups is 1. The number of likely N-dealkylation sites (N-methyl/N-ethyl adjacent to an activating group) is 1. The van der Waals surface area contributed by atoms with Crippen LogP contribution in [0.2, 0.25) is 0 Å². The summed E-state index contributed by atoms with van der Waals surface area (Å²) in [6.07, 6.45) is 7.19. The van der Waals surface area contributed by atoms with Crippen LogP contribution in [0, 0.1) is 18.4 Å².